The number of fused-ring (bicyclic) bond motifs is 2. The molecule has 1 aliphatic carbocycles. The average molecular weight is 712 g/mol. The predicted molar refractivity (Wildman–Crippen MR) is 193 cm³/mol. The van der Waals surface area contributed by atoms with E-state index in [0.717, 1.165) is 36.0 Å². The van der Waals surface area contributed by atoms with Crippen molar-refractivity contribution in [2.75, 3.05) is 13.2 Å². The zero-order chi connectivity index (χ0) is 36.9. The largest absolute Gasteiger partial charge is 0.464 e. The Labute approximate surface area is 304 Å². The minimum absolute atomic E-state index is 0.136. The molecule has 0 bridgehead atoms. The zero-order valence-corrected chi connectivity index (χ0v) is 30.4. The van der Waals surface area contributed by atoms with Gasteiger partial charge in [-0.1, -0.05) is 79.6 Å². The molecule has 3 heterocycles. The number of carbonyl (C=O) groups excluding carboxylic acids is 4. The molecule has 1 saturated carbocycles. The molecule has 1 aromatic heterocycles. The van der Waals surface area contributed by atoms with E-state index in [1.54, 1.807) is 27.7 Å². The van der Waals surface area contributed by atoms with Crippen LogP contribution in [0.3, 0.4) is 0 Å². The Morgan fingerprint density at radius 3 is 2.50 bits per heavy atom. The molecule has 3 aliphatic rings. The highest BCUT2D eigenvalue weighted by molar-refractivity contribution is 5.96. The molecule has 3 aromatic rings. The number of nitrogens with one attached hydrogen (secondary N) is 2. The maximum atomic E-state index is 14.4. The van der Waals surface area contributed by atoms with Gasteiger partial charge in [0.25, 0.3) is 0 Å². The summed E-state index contributed by atoms with van der Waals surface area (Å²) < 4.78 is 10.9. The molecule has 13 heteroatoms. The number of hydrogen-bond acceptors (Lipinski definition) is 9. The minimum Gasteiger partial charge on any atom is -0.464 e. The van der Waals surface area contributed by atoms with Crippen molar-refractivity contribution in [3.63, 3.8) is 0 Å². The van der Waals surface area contributed by atoms with Gasteiger partial charge >= 0.3 is 12.1 Å². The predicted octanol–water partition coefficient (Wildman–Crippen LogP) is 4.92. The summed E-state index contributed by atoms with van der Waals surface area (Å²) in [6, 6.07) is 16.4. The lowest BCUT2D eigenvalue weighted by Gasteiger charge is -2.30. The van der Waals surface area contributed by atoms with Crippen molar-refractivity contribution in [2.24, 2.45) is 5.92 Å². The highest BCUT2D eigenvalue weighted by Crippen LogP contribution is 2.46. The van der Waals surface area contributed by atoms with Crippen LogP contribution in [0.5, 0.6) is 0 Å². The number of benzene rings is 2. The third-order valence-electron chi connectivity index (χ3n) is 9.83. The van der Waals surface area contributed by atoms with Gasteiger partial charge in [0.2, 0.25) is 11.8 Å². The van der Waals surface area contributed by atoms with Crippen LogP contribution in [0.25, 0.3) is 11.1 Å². The van der Waals surface area contributed by atoms with Gasteiger partial charge in [0.1, 0.15) is 23.2 Å². The minimum atomic E-state index is -1.19. The van der Waals surface area contributed by atoms with Crippen molar-refractivity contribution in [3.8, 4) is 11.1 Å². The number of esters is 1. The van der Waals surface area contributed by atoms with E-state index in [9.17, 15) is 19.2 Å². The van der Waals surface area contributed by atoms with Crippen LogP contribution in [0.1, 0.15) is 89.9 Å². The van der Waals surface area contributed by atoms with Gasteiger partial charge in [0.05, 0.1) is 13.2 Å². The van der Waals surface area contributed by atoms with Crippen molar-refractivity contribution in [3.05, 3.63) is 78.1 Å². The lowest BCUT2D eigenvalue weighted by atomic mass is 10.0. The van der Waals surface area contributed by atoms with Gasteiger partial charge in [-0.3, -0.25) is 9.59 Å². The van der Waals surface area contributed by atoms with Crippen LogP contribution in [0.15, 0.2) is 66.7 Å². The smallest absolute Gasteiger partial charge is 0.408 e. The quantitative estimate of drug-likeness (QED) is 0.256. The fraction of sp³-hybridized carbons (Fsp3) is 0.513. The standard InChI is InChI=1S/C39H49N7O6/c1-5-51-36(49)39-23-30(39)16-12-7-6-8-13-17-31(40-37(50)52-38(2,3)4)35(48)45-25-29(22-32(45)34(47)41-39)33-42-44-46(43-33)24-26-18-20-28(21-19-26)27-14-10-9-11-15-27/h9-12,14-16,18-21,29-32H,5-8,13,17,22-25H2,1-4H3,(H,40,50)(H,41,47)/b16-12-/t29-,30-,31+,32+,39-/m1/s1. The van der Waals surface area contributed by atoms with E-state index in [4.69, 9.17) is 9.47 Å². The molecule has 0 radical (unpaired) electrons. The van der Waals surface area contributed by atoms with E-state index in [0.29, 0.717) is 31.6 Å². The number of aromatic nitrogens is 4. The first-order chi connectivity index (χ1) is 25.0. The average Bonchev–Trinajstić information content (AvgIpc) is 3.40. The summed E-state index contributed by atoms with van der Waals surface area (Å²) in [5.74, 6) is -1.55. The Bertz CT molecular complexity index is 1770. The Balaban J connectivity index is 1.24. The van der Waals surface area contributed by atoms with Crippen LogP contribution in [0, 0.1) is 5.92 Å². The first-order valence-corrected chi connectivity index (χ1v) is 18.3. The van der Waals surface area contributed by atoms with E-state index >= 15 is 0 Å². The molecule has 2 aliphatic heterocycles. The first-order valence-electron chi connectivity index (χ1n) is 18.3. The highest BCUT2D eigenvalue weighted by Gasteiger charge is 2.62. The van der Waals surface area contributed by atoms with Gasteiger partial charge in [-0.2, -0.15) is 4.80 Å². The third kappa shape index (κ3) is 8.68. The van der Waals surface area contributed by atoms with E-state index in [1.165, 1.54) is 9.70 Å². The van der Waals surface area contributed by atoms with Crippen LogP contribution in [-0.2, 0) is 30.4 Å². The molecule has 0 unspecified atom stereocenters. The van der Waals surface area contributed by atoms with Crippen molar-refractivity contribution in [1.29, 1.82) is 0 Å². The molecule has 5 atom stereocenters. The summed E-state index contributed by atoms with van der Waals surface area (Å²) in [7, 11) is 0. The van der Waals surface area contributed by atoms with Crippen LogP contribution in [-0.4, -0.2) is 85.4 Å². The second kappa shape index (κ2) is 15.7. The Morgan fingerprint density at radius 1 is 1.02 bits per heavy atom. The molecular weight excluding hydrogens is 662 g/mol. The number of allylic oxidation sites excluding steroid dienone is 1. The lowest BCUT2D eigenvalue weighted by molar-refractivity contribution is -0.150. The third-order valence-corrected chi connectivity index (χ3v) is 9.83. The van der Waals surface area contributed by atoms with E-state index in [1.807, 2.05) is 42.5 Å². The Morgan fingerprint density at radius 2 is 1.77 bits per heavy atom. The van der Waals surface area contributed by atoms with Gasteiger partial charge in [-0.05, 0) is 81.7 Å². The molecule has 276 valence electrons. The molecule has 2 fully saturated rings. The summed E-state index contributed by atoms with van der Waals surface area (Å²) in [4.78, 5) is 57.7. The summed E-state index contributed by atoms with van der Waals surface area (Å²) in [5.41, 5.74) is 1.27. The SMILES string of the molecule is CCOC(=O)[C@@]12C[C@H]1/C=C\CCCCC[C@H](NC(=O)OC(C)(C)C)C(=O)N1C[C@H](c3nnn(Cc4ccc(-c5ccccc5)cc4)n3)C[C@H]1C(=O)N2. The Kier molecular flexibility index (Phi) is 11.1. The summed E-state index contributed by atoms with van der Waals surface area (Å²) in [5, 5.41) is 19.1. The van der Waals surface area contributed by atoms with Crippen molar-refractivity contribution >= 4 is 23.9 Å². The van der Waals surface area contributed by atoms with Crippen LogP contribution in [0.4, 0.5) is 4.79 Å². The number of alkyl carbamates (subject to hydrolysis) is 1. The lowest BCUT2D eigenvalue weighted by Crippen LogP contribution is -2.56. The number of hydrogen-bond donors (Lipinski definition) is 2. The number of tetrazole rings is 1. The van der Waals surface area contributed by atoms with Gasteiger partial charge in [-0.25, -0.2) is 9.59 Å². The molecule has 13 nitrogen and oxygen atoms in total. The number of rotatable bonds is 7. The first kappa shape index (κ1) is 36.7. The molecule has 3 amide bonds. The molecular formula is C39H49N7O6. The second-order valence-electron chi connectivity index (χ2n) is 14.9. The summed E-state index contributed by atoms with van der Waals surface area (Å²) in [6.07, 6.45) is 7.54. The summed E-state index contributed by atoms with van der Waals surface area (Å²) in [6.45, 7) is 7.71. The fourth-order valence-electron chi connectivity index (χ4n) is 7.07. The molecule has 52 heavy (non-hydrogen) atoms. The molecule has 2 N–H and O–H groups in total. The van der Waals surface area contributed by atoms with Gasteiger partial charge in [-0.15, -0.1) is 10.2 Å². The monoisotopic (exact) mass is 711 g/mol. The number of ether oxygens (including phenoxy) is 2. The molecule has 0 spiro atoms. The number of carbonyl (C=O) groups is 4. The maximum absolute atomic E-state index is 14.4. The molecule has 6 rings (SSSR count). The van der Waals surface area contributed by atoms with E-state index in [-0.39, 0.29) is 25.5 Å². The number of nitrogens with zero attached hydrogens (tertiary/aromatic N) is 5. The van der Waals surface area contributed by atoms with Crippen molar-refractivity contribution < 1.29 is 28.7 Å². The van der Waals surface area contributed by atoms with Crippen molar-refractivity contribution in [2.45, 2.75) is 108 Å². The van der Waals surface area contributed by atoms with E-state index in [2.05, 4.69) is 50.3 Å². The van der Waals surface area contributed by atoms with Crippen LogP contribution in [0.2, 0.25) is 0 Å². The van der Waals surface area contributed by atoms with Gasteiger partial charge in [0.15, 0.2) is 5.82 Å². The topological polar surface area (TPSA) is 158 Å². The fourth-order valence-corrected chi connectivity index (χ4v) is 7.07. The van der Waals surface area contributed by atoms with Crippen LogP contribution >= 0.6 is 0 Å². The highest BCUT2D eigenvalue weighted by atomic mass is 16.6. The Hall–Kier alpha value is -5.07. The van der Waals surface area contributed by atoms with E-state index < -0.39 is 53.0 Å². The van der Waals surface area contributed by atoms with Crippen molar-refractivity contribution in [1.82, 2.24) is 35.7 Å². The zero-order valence-electron chi connectivity index (χ0n) is 30.4. The molecule has 2 aromatic carbocycles. The van der Waals surface area contributed by atoms with Gasteiger partial charge in [0, 0.05) is 18.4 Å². The van der Waals surface area contributed by atoms with Gasteiger partial charge < -0.3 is 25.0 Å². The molecule has 1 saturated heterocycles. The number of amides is 3. The van der Waals surface area contributed by atoms with Crippen LogP contribution < -0.4 is 10.6 Å². The summed E-state index contributed by atoms with van der Waals surface area (Å²) >= 11 is 0. The maximum Gasteiger partial charge on any atom is 0.408 e. The second-order valence-corrected chi connectivity index (χ2v) is 14.9. The normalized spacial score (nSPS) is 25.8.